The molecular formula is C23H28N4O3S. The molecule has 7 nitrogen and oxygen atoms in total. The predicted octanol–water partition coefficient (Wildman–Crippen LogP) is 2.86. The number of carbonyl (C=O) groups is 2. The summed E-state index contributed by atoms with van der Waals surface area (Å²) in [5, 5.41) is 1.94. The van der Waals surface area contributed by atoms with Crippen LogP contribution in [-0.2, 0) is 14.3 Å². The standard InChI is InChI=1S/C23H28N4O3S/c1-17(2)30-15-6-10-27-22(28)20(18-7-5-16-31-18)21(23(27)29)26-13-11-25(12-14-26)19-8-3-4-9-24-19/h3-5,7-9,16-17H,6,10-15H2,1-2H3. The minimum atomic E-state index is -0.195. The molecule has 2 aliphatic heterocycles. The van der Waals surface area contributed by atoms with Gasteiger partial charge in [0.15, 0.2) is 0 Å². The zero-order valence-electron chi connectivity index (χ0n) is 18.0. The maximum Gasteiger partial charge on any atom is 0.277 e. The molecule has 4 rings (SSSR count). The van der Waals surface area contributed by atoms with Crippen molar-refractivity contribution in [2.24, 2.45) is 0 Å². The number of amides is 2. The molecule has 0 radical (unpaired) electrons. The van der Waals surface area contributed by atoms with E-state index in [1.165, 1.54) is 16.2 Å². The molecule has 8 heteroatoms. The van der Waals surface area contributed by atoms with Crippen LogP contribution in [0.25, 0.3) is 5.57 Å². The van der Waals surface area contributed by atoms with Gasteiger partial charge in [-0.25, -0.2) is 4.98 Å². The fraction of sp³-hybridized carbons (Fsp3) is 0.435. The van der Waals surface area contributed by atoms with Gasteiger partial charge in [0.05, 0.1) is 11.7 Å². The summed E-state index contributed by atoms with van der Waals surface area (Å²) in [7, 11) is 0. The van der Waals surface area contributed by atoms with E-state index < -0.39 is 0 Å². The average molecular weight is 441 g/mol. The number of pyridine rings is 1. The lowest BCUT2D eigenvalue weighted by molar-refractivity contribution is -0.137. The third-order valence-electron chi connectivity index (χ3n) is 5.46. The van der Waals surface area contributed by atoms with E-state index in [9.17, 15) is 9.59 Å². The molecule has 1 saturated heterocycles. The zero-order valence-corrected chi connectivity index (χ0v) is 18.8. The van der Waals surface area contributed by atoms with Crippen molar-refractivity contribution >= 4 is 34.5 Å². The third kappa shape index (κ3) is 4.65. The summed E-state index contributed by atoms with van der Waals surface area (Å²) >= 11 is 1.50. The van der Waals surface area contributed by atoms with E-state index in [4.69, 9.17) is 4.74 Å². The summed E-state index contributed by atoms with van der Waals surface area (Å²) in [4.78, 5) is 37.5. The van der Waals surface area contributed by atoms with E-state index in [0.717, 1.165) is 23.8 Å². The highest BCUT2D eigenvalue weighted by Gasteiger charge is 2.42. The molecule has 31 heavy (non-hydrogen) atoms. The molecule has 0 bridgehead atoms. The van der Waals surface area contributed by atoms with Crippen LogP contribution in [0.2, 0.25) is 0 Å². The van der Waals surface area contributed by atoms with Gasteiger partial charge in [0, 0.05) is 50.4 Å². The van der Waals surface area contributed by atoms with Gasteiger partial charge in [0.2, 0.25) is 0 Å². The highest BCUT2D eigenvalue weighted by molar-refractivity contribution is 7.11. The van der Waals surface area contributed by atoms with Crippen molar-refractivity contribution in [1.29, 1.82) is 0 Å². The van der Waals surface area contributed by atoms with Crippen molar-refractivity contribution in [3.05, 3.63) is 52.5 Å². The maximum absolute atomic E-state index is 13.3. The number of nitrogens with zero attached hydrogens (tertiary/aromatic N) is 4. The number of carbonyl (C=O) groups excluding carboxylic acids is 2. The number of aromatic nitrogens is 1. The molecule has 0 aliphatic carbocycles. The van der Waals surface area contributed by atoms with Gasteiger partial charge in [-0.05, 0) is 43.8 Å². The van der Waals surface area contributed by atoms with Crippen molar-refractivity contribution in [3.8, 4) is 0 Å². The number of anilines is 1. The lowest BCUT2D eigenvalue weighted by Crippen LogP contribution is -2.48. The van der Waals surface area contributed by atoms with Crippen molar-refractivity contribution in [3.63, 3.8) is 0 Å². The second-order valence-electron chi connectivity index (χ2n) is 7.90. The smallest absolute Gasteiger partial charge is 0.277 e. The van der Waals surface area contributed by atoms with Crippen LogP contribution in [0.1, 0.15) is 25.1 Å². The lowest BCUT2D eigenvalue weighted by atomic mass is 10.1. The van der Waals surface area contributed by atoms with Gasteiger partial charge < -0.3 is 14.5 Å². The van der Waals surface area contributed by atoms with E-state index >= 15 is 0 Å². The quantitative estimate of drug-likeness (QED) is 0.465. The van der Waals surface area contributed by atoms with Crippen molar-refractivity contribution in [2.45, 2.75) is 26.4 Å². The molecule has 0 saturated carbocycles. The maximum atomic E-state index is 13.3. The van der Waals surface area contributed by atoms with Crippen LogP contribution >= 0.6 is 11.3 Å². The van der Waals surface area contributed by atoms with Crippen LogP contribution < -0.4 is 4.90 Å². The Kier molecular flexibility index (Phi) is 6.67. The Labute approximate surface area is 186 Å². The molecule has 0 atom stereocenters. The van der Waals surface area contributed by atoms with Crippen LogP contribution in [0.5, 0.6) is 0 Å². The first-order valence-corrected chi connectivity index (χ1v) is 11.6. The van der Waals surface area contributed by atoms with Crippen LogP contribution in [0.4, 0.5) is 5.82 Å². The number of ether oxygens (including phenoxy) is 1. The van der Waals surface area contributed by atoms with Gasteiger partial charge in [-0.2, -0.15) is 0 Å². The molecule has 164 valence electrons. The Balaban J connectivity index is 1.51. The van der Waals surface area contributed by atoms with Crippen molar-refractivity contribution in [1.82, 2.24) is 14.8 Å². The number of piperazine rings is 1. The van der Waals surface area contributed by atoms with Gasteiger partial charge in [0.25, 0.3) is 11.8 Å². The van der Waals surface area contributed by atoms with Crippen molar-refractivity contribution < 1.29 is 14.3 Å². The van der Waals surface area contributed by atoms with E-state index in [1.54, 1.807) is 6.20 Å². The number of imide groups is 1. The third-order valence-corrected chi connectivity index (χ3v) is 6.34. The molecule has 2 aromatic rings. The summed E-state index contributed by atoms with van der Waals surface area (Å²) in [5.74, 6) is 0.554. The minimum Gasteiger partial charge on any atom is -0.379 e. The fourth-order valence-electron chi connectivity index (χ4n) is 3.94. The summed E-state index contributed by atoms with van der Waals surface area (Å²) in [6.45, 7) is 7.70. The lowest BCUT2D eigenvalue weighted by Gasteiger charge is -2.37. The Morgan fingerprint density at radius 3 is 2.45 bits per heavy atom. The van der Waals surface area contributed by atoms with Gasteiger partial charge in [-0.3, -0.25) is 14.5 Å². The first-order valence-electron chi connectivity index (χ1n) is 10.7. The summed E-state index contributed by atoms with van der Waals surface area (Å²) in [6, 6.07) is 9.71. The fourth-order valence-corrected chi connectivity index (χ4v) is 4.71. The summed E-state index contributed by atoms with van der Waals surface area (Å²) < 4.78 is 5.59. The average Bonchev–Trinajstić information content (AvgIpc) is 3.39. The van der Waals surface area contributed by atoms with Crippen LogP contribution in [-0.4, -0.2) is 72.0 Å². The van der Waals surface area contributed by atoms with Gasteiger partial charge in [-0.1, -0.05) is 12.1 Å². The molecule has 2 amide bonds. The van der Waals surface area contributed by atoms with Gasteiger partial charge in [-0.15, -0.1) is 11.3 Å². The van der Waals surface area contributed by atoms with E-state index in [2.05, 4.69) is 14.8 Å². The molecule has 0 N–H and O–H groups in total. The first-order chi connectivity index (χ1) is 15.1. The molecule has 1 fully saturated rings. The Hall–Kier alpha value is -2.71. The Morgan fingerprint density at radius 2 is 1.81 bits per heavy atom. The van der Waals surface area contributed by atoms with Crippen LogP contribution in [0.15, 0.2) is 47.6 Å². The minimum absolute atomic E-state index is 0.135. The topological polar surface area (TPSA) is 66.0 Å². The largest absolute Gasteiger partial charge is 0.379 e. The number of rotatable bonds is 8. The second-order valence-corrected chi connectivity index (χ2v) is 8.85. The second kappa shape index (κ2) is 9.62. The highest BCUT2D eigenvalue weighted by Crippen LogP contribution is 2.34. The van der Waals surface area contributed by atoms with Gasteiger partial charge >= 0.3 is 0 Å². The summed E-state index contributed by atoms with van der Waals surface area (Å²) in [6.07, 6.45) is 2.56. The molecule has 4 heterocycles. The Morgan fingerprint density at radius 1 is 1.03 bits per heavy atom. The molecule has 2 aliphatic rings. The van der Waals surface area contributed by atoms with Crippen molar-refractivity contribution in [2.75, 3.05) is 44.2 Å². The molecule has 2 aromatic heterocycles. The molecular weight excluding hydrogens is 412 g/mol. The van der Waals surface area contributed by atoms with E-state index in [-0.39, 0.29) is 17.9 Å². The Bertz CT molecular complexity index is 935. The van der Waals surface area contributed by atoms with E-state index in [1.807, 2.05) is 49.6 Å². The first kappa shape index (κ1) is 21.5. The number of hydrogen-bond acceptors (Lipinski definition) is 7. The monoisotopic (exact) mass is 440 g/mol. The highest BCUT2D eigenvalue weighted by atomic mass is 32.1. The zero-order chi connectivity index (χ0) is 21.8. The predicted molar refractivity (Wildman–Crippen MR) is 122 cm³/mol. The van der Waals surface area contributed by atoms with E-state index in [0.29, 0.717) is 43.9 Å². The SMILES string of the molecule is CC(C)OCCCN1C(=O)C(c2cccs2)=C(N2CCN(c3ccccn3)CC2)C1=O. The molecule has 0 aromatic carbocycles. The van der Waals surface area contributed by atoms with Gasteiger partial charge in [0.1, 0.15) is 11.5 Å². The molecule has 0 unspecified atom stereocenters. The van der Waals surface area contributed by atoms with Crippen LogP contribution in [0.3, 0.4) is 0 Å². The van der Waals surface area contributed by atoms with Crippen LogP contribution in [0, 0.1) is 0 Å². The number of thiophene rings is 1. The normalized spacial score (nSPS) is 17.5. The summed E-state index contributed by atoms with van der Waals surface area (Å²) in [5.41, 5.74) is 1.08. The molecule has 0 spiro atoms. The number of hydrogen-bond donors (Lipinski definition) is 0.